The molecule has 3 rings (SSSR count). The van der Waals surface area contributed by atoms with Crippen LogP contribution >= 0.6 is 11.6 Å². The number of halogens is 1. The zero-order valence-electron chi connectivity index (χ0n) is 15.8. The van der Waals surface area contributed by atoms with E-state index in [1.54, 1.807) is 30.6 Å². The number of hydrogen-bond donors (Lipinski definition) is 2. The molecule has 1 aliphatic rings. The maximum atomic E-state index is 12.9. The molecule has 0 atom stereocenters. The second kappa shape index (κ2) is 9.82. The molecule has 0 unspecified atom stereocenters. The number of rotatable bonds is 6. The predicted octanol–water partition coefficient (Wildman–Crippen LogP) is 1.56. The Balaban J connectivity index is 0.000000941. The molecule has 2 N–H and O–H groups in total. The third-order valence-electron chi connectivity index (χ3n) is 4.54. The summed E-state index contributed by atoms with van der Waals surface area (Å²) >= 11 is 5.92. The molecule has 2 aromatic rings. The maximum Gasteiger partial charge on any atom is 0.290 e. The first-order valence-electron chi connectivity index (χ1n) is 8.65. The second-order valence-electron chi connectivity index (χ2n) is 6.76. The molecule has 0 aliphatic carbocycles. The lowest BCUT2D eigenvalue weighted by atomic mass is 9.75. The number of pyridine rings is 1. The van der Waals surface area contributed by atoms with Crippen LogP contribution in [0, 0.1) is 5.41 Å². The topological polar surface area (TPSA) is 117 Å². The van der Waals surface area contributed by atoms with E-state index in [0.29, 0.717) is 18.0 Å². The number of benzene rings is 1. The van der Waals surface area contributed by atoms with Crippen molar-refractivity contribution in [2.75, 3.05) is 19.3 Å². The Labute approximate surface area is 174 Å². The molecule has 0 bridgehead atoms. The van der Waals surface area contributed by atoms with E-state index in [-0.39, 0.29) is 25.5 Å². The van der Waals surface area contributed by atoms with Gasteiger partial charge in [0.05, 0.1) is 11.7 Å². The van der Waals surface area contributed by atoms with Gasteiger partial charge in [0.2, 0.25) is 15.9 Å². The van der Waals surface area contributed by atoms with Crippen LogP contribution in [-0.2, 0) is 32.6 Å². The molecule has 1 fully saturated rings. The molecular weight excluding hydrogens is 418 g/mol. The third-order valence-corrected chi connectivity index (χ3v) is 5.99. The minimum Gasteiger partial charge on any atom is -0.483 e. The number of aromatic nitrogens is 1. The molecule has 8 nitrogen and oxygen atoms in total. The molecular formula is C19H22ClN3O5S. The van der Waals surface area contributed by atoms with Crippen molar-refractivity contribution in [1.29, 1.82) is 0 Å². The first-order valence-corrected chi connectivity index (χ1v) is 10.9. The van der Waals surface area contributed by atoms with E-state index in [0.717, 1.165) is 17.4 Å². The Hall–Kier alpha value is -2.49. The average Bonchev–Trinajstić information content (AvgIpc) is 2.64. The van der Waals surface area contributed by atoms with E-state index in [1.165, 1.54) is 4.31 Å². The standard InChI is InChI=1S/C18H20ClN3O3S.CH2O2/c1-26(24,25)22-12-18(13-22,9-14-4-6-16(19)7-5-14)17(23)21-11-15-3-2-8-20-10-15;2-1-3/h2-8,10H,9,11-13H2,1H3,(H,21,23);1H,(H,2,3). The molecule has 10 heteroatoms. The van der Waals surface area contributed by atoms with Crippen LogP contribution in [0.1, 0.15) is 11.1 Å². The lowest BCUT2D eigenvalue weighted by Crippen LogP contribution is -2.65. The van der Waals surface area contributed by atoms with Gasteiger partial charge < -0.3 is 10.4 Å². The first kappa shape index (κ1) is 22.8. The fourth-order valence-electron chi connectivity index (χ4n) is 3.06. The Bertz CT molecular complexity index is 930. The predicted molar refractivity (Wildman–Crippen MR) is 109 cm³/mol. The van der Waals surface area contributed by atoms with Crippen molar-refractivity contribution < 1.29 is 23.1 Å². The van der Waals surface area contributed by atoms with Crippen molar-refractivity contribution in [1.82, 2.24) is 14.6 Å². The number of carbonyl (C=O) groups excluding carboxylic acids is 1. The summed E-state index contributed by atoms with van der Waals surface area (Å²) in [5.74, 6) is -0.156. The van der Waals surface area contributed by atoms with Gasteiger partial charge in [0, 0.05) is 37.1 Å². The summed E-state index contributed by atoms with van der Waals surface area (Å²) < 4.78 is 24.9. The number of nitrogens with zero attached hydrogens (tertiary/aromatic N) is 2. The summed E-state index contributed by atoms with van der Waals surface area (Å²) in [6.45, 7) is 0.453. The van der Waals surface area contributed by atoms with Crippen LogP contribution < -0.4 is 5.32 Å². The molecule has 1 aromatic carbocycles. The van der Waals surface area contributed by atoms with E-state index in [4.69, 9.17) is 21.5 Å². The molecule has 1 saturated heterocycles. The lowest BCUT2D eigenvalue weighted by Gasteiger charge is -2.47. The highest BCUT2D eigenvalue weighted by Gasteiger charge is 2.52. The smallest absolute Gasteiger partial charge is 0.290 e. The molecule has 0 saturated carbocycles. The quantitative estimate of drug-likeness (QED) is 0.659. The summed E-state index contributed by atoms with van der Waals surface area (Å²) in [6.07, 6.45) is 4.97. The SMILES string of the molecule is CS(=O)(=O)N1CC(Cc2ccc(Cl)cc2)(C(=O)NCc2cccnc2)C1.O=CO. The van der Waals surface area contributed by atoms with E-state index < -0.39 is 15.4 Å². The van der Waals surface area contributed by atoms with Crippen LogP contribution in [-0.4, -0.2) is 54.5 Å². The highest BCUT2D eigenvalue weighted by molar-refractivity contribution is 7.88. The molecule has 0 radical (unpaired) electrons. The summed E-state index contributed by atoms with van der Waals surface area (Å²) in [4.78, 5) is 25.3. The number of nitrogens with one attached hydrogen (secondary N) is 1. The van der Waals surface area contributed by atoms with Gasteiger partial charge in [-0.1, -0.05) is 29.8 Å². The lowest BCUT2D eigenvalue weighted by molar-refractivity contribution is -0.137. The first-order chi connectivity index (χ1) is 13.7. The fourth-order valence-corrected chi connectivity index (χ4v) is 4.15. The van der Waals surface area contributed by atoms with Crippen LogP contribution in [0.15, 0.2) is 48.8 Å². The Kier molecular flexibility index (Phi) is 7.72. The molecule has 1 aliphatic heterocycles. The third kappa shape index (κ3) is 6.25. The van der Waals surface area contributed by atoms with Crippen molar-refractivity contribution in [3.8, 4) is 0 Å². The molecule has 1 aromatic heterocycles. The summed E-state index contributed by atoms with van der Waals surface area (Å²) in [7, 11) is -3.31. The van der Waals surface area contributed by atoms with Gasteiger partial charge in [0.25, 0.3) is 6.47 Å². The van der Waals surface area contributed by atoms with E-state index in [9.17, 15) is 13.2 Å². The molecule has 0 spiro atoms. The van der Waals surface area contributed by atoms with Crippen molar-refractivity contribution in [3.63, 3.8) is 0 Å². The van der Waals surface area contributed by atoms with Gasteiger partial charge in [0.15, 0.2) is 0 Å². The fraction of sp³-hybridized carbons (Fsp3) is 0.316. The molecule has 29 heavy (non-hydrogen) atoms. The minimum atomic E-state index is -3.31. The van der Waals surface area contributed by atoms with Gasteiger partial charge in [-0.25, -0.2) is 8.42 Å². The van der Waals surface area contributed by atoms with Crippen molar-refractivity contribution in [2.45, 2.75) is 13.0 Å². The number of hydrogen-bond acceptors (Lipinski definition) is 5. The largest absolute Gasteiger partial charge is 0.483 e. The Morgan fingerprint density at radius 1 is 1.28 bits per heavy atom. The van der Waals surface area contributed by atoms with Gasteiger partial charge in [-0.15, -0.1) is 0 Å². The van der Waals surface area contributed by atoms with E-state index in [1.807, 2.05) is 18.2 Å². The summed E-state index contributed by atoms with van der Waals surface area (Å²) in [5.41, 5.74) is 1.06. The van der Waals surface area contributed by atoms with Crippen LogP contribution in [0.4, 0.5) is 0 Å². The van der Waals surface area contributed by atoms with Crippen LogP contribution in [0.5, 0.6) is 0 Å². The van der Waals surface area contributed by atoms with E-state index in [2.05, 4.69) is 10.3 Å². The van der Waals surface area contributed by atoms with Crippen LogP contribution in [0.2, 0.25) is 5.02 Å². The minimum absolute atomic E-state index is 0.156. The van der Waals surface area contributed by atoms with Gasteiger partial charge in [-0.2, -0.15) is 4.31 Å². The maximum absolute atomic E-state index is 12.9. The highest BCUT2D eigenvalue weighted by Crippen LogP contribution is 2.36. The van der Waals surface area contributed by atoms with Crippen molar-refractivity contribution >= 4 is 34.0 Å². The zero-order valence-corrected chi connectivity index (χ0v) is 17.4. The normalized spacial score (nSPS) is 15.4. The molecule has 156 valence electrons. The van der Waals surface area contributed by atoms with Crippen molar-refractivity contribution in [3.05, 3.63) is 64.9 Å². The summed E-state index contributed by atoms with van der Waals surface area (Å²) in [5, 5.41) is 10.4. The van der Waals surface area contributed by atoms with E-state index >= 15 is 0 Å². The average molecular weight is 440 g/mol. The van der Waals surface area contributed by atoms with Crippen LogP contribution in [0.25, 0.3) is 0 Å². The Morgan fingerprint density at radius 2 is 1.90 bits per heavy atom. The van der Waals surface area contributed by atoms with Gasteiger partial charge in [-0.3, -0.25) is 14.6 Å². The second-order valence-corrected chi connectivity index (χ2v) is 9.18. The number of sulfonamides is 1. The van der Waals surface area contributed by atoms with Gasteiger partial charge in [-0.05, 0) is 35.7 Å². The van der Waals surface area contributed by atoms with Gasteiger partial charge >= 0.3 is 0 Å². The van der Waals surface area contributed by atoms with Crippen LogP contribution in [0.3, 0.4) is 0 Å². The number of carbonyl (C=O) groups is 2. The molecule has 2 heterocycles. The number of carboxylic acid groups (broad SMARTS) is 1. The zero-order chi connectivity index (χ0) is 21.5. The van der Waals surface area contributed by atoms with Gasteiger partial charge in [0.1, 0.15) is 0 Å². The molecule has 1 amide bonds. The number of amides is 1. The summed E-state index contributed by atoms with van der Waals surface area (Å²) in [6, 6.07) is 10.9. The monoisotopic (exact) mass is 439 g/mol. The Morgan fingerprint density at radius 3 is 2.41 bits per heavy atom. The van der Waals surface area contributed by atoms with Crippen molar-refractivity contribution in [2.24, 2.45) is 5.41 Å². The highest BCUT2D eigenvalue weighted by atomic mass is 35.5.